The molecule has 0 aromatic heterocycles. The third-order valence-corrected chi connectivity index (χ3v) is 3.93. The molecule has 5 nitrogen and oxygen atoms in total. The molecule has 27 heavy (non-hydrogen) atoms. The van der Waals surface area contributed by atoms with E-state index in [1.807, 2.05) is 19.1 Å². The maximum absolute atomic E-state index is 12.4. The van der Waals surface area contributed by atoms with Crippen molar-refractivity contribution in [1.82, 2.24) is 5.32 Å². The van der Waals surface area contributed by atoms with Gasteiger partial charge < -0.3 is 15.4 Å². The fourth-order valence-corrected chi connectivity index (χ4v) is 2.45. The van der Waals surface area contributed by atoms with E-state index in [9.17, 15) is 9.59 Å². The predicted molar refractivity (Wildman–Crippen MR) is 109 cm³/mol. The minimum atomic E-state index is -0.318. The lowest BCUT2D eigenvalue weighted by atomic mass is 10.1. The van der Waals surface area contributed by atoms with Crippen molar-refractivity contribution in [2.75, 3.05) is 25.1 Å². The molecule has 2 amide bonds. The SMILES string of the molecule is CCOCCCNC(=O)c1ccccc1NC(=O)/C=C/c1ccc(Cl)cc1. The van der Waals surface area contributed by atoms with Crippen LogP contribution >= 0.6 is 11.6 Å². The van der Waals surface area contributed by atoms with Crippen LogP contribution in [0.3, 0.4) is 0 Å². The van der Waals surface area contributed by atoms with Crippen molar-refractivity contribution in [2.45, 2.75) is 13.3 Å². The zero-order valence-corrected chi connectivity index (χ0v) is 16.0. The monoisotopic (exact) mass is 386 g/mol. The Morgan fingerprint density at radius 3 is 2.59 bits per heavy atom. The maximum Gasteiger partial charge on any atom is 0.253 e. The van der Waals surface area contributed by atoms with Crippen LogP contribution in [0.2, 0.25) is 5.02 Å². The molecular formula is C21H23ClN2O3. The zero-order valence-electron chi connectivity index (χ0n) is 15.2. The quantitative estimate of drug-likeness (QED) is 0.502. The summed E-state index contributed by atoms with van der Waals surface area (Å²) < 4.78 is 5.24. The lowest BCUT2D eigenvalue weighted by molar-refractivity contribution is -0.111. The second-order valence-corrected chi connectivity index (χ2v) is 6.16. The standard InChI is InChI=1S/C21H23ClN2O3/c1-2-27-15-5-14-23-21(26)18-6-3-4-7-19(18)24-20(25)13-10-16-8-11-17(22)12-9-16/h3-4,6-13H,2,5,14-15H2,1H3,(H,23,26)(H,24,25)/b13-10+. The fraction of sp³-hybridized carbons (Fsp3) is 0.238. The molecule has 0 radical (unpaired) electrons. The van der Waals surface area contributed by atoms with Gasteiger partial charge in [0.25, 0.3) is 5.91 Å². The summed E-state index contributed by atoms with van der Waals surface area (Å²) in [5.41, 5.74) is 1.74. The molecule has 0 aliphatic carbocycles. The minimum absolute atomic E-state index is 0.232. The van der Waals surface area contributed by atoms with Gasteiger partial charge in [0.05, 0.1) is 11.3 Å². The summed E-state index contributed by atoms with van der Waals surface area (Å²) in [5, 5.41) is 6.22. The Morgan fingerprint density at radius 2 is 1.85 bits per heavy atom. The molecule has 2 N–H and O–H groups in total. The highest BCUT2D eigenvalue weighted by atomic mass is 35.5. The maximum atomic E-state index is 12.4. The average molecular weight is 387 g/mol. The van der Waals surface area contributed by atoms with E-state index >= 15 is 0 Å². The van der Waals surface area contributed by atoms with Gasteiger partial charge in [-0.2, -0.15) is 0 Å². The zero-order chi connectivity index (χ0) is 19.5. The molecule has 2 aromatic carbocycles. The van der Waals surface area contributed by atoms with Crippen molar-refractivity contribution < 1.29 is 14.3 Å². The number of nitrogens with one attached hydrogen (secondary N) is 2. The topological polar surface area (TPSA) is 67.4 Å². The van der Waals surface area contributed by atoms with Crippen LogP contribution in [0, 0.1) is 0 Å². The molecule has 0 aliphatic heterocycles. The van der Waals surface area contributed by atoms with Crippen LogP contribution in [0.15, 0.2) is 54.6 Å². The molecular weight excluding hydrogens is 364 g/mol. The molecule has 0 saturated carbocycles. The normalized spacial score (nSPS) is 10.7. The van der Waals surface area contributed by atoms with Crippen LogP contribution in [0.1, 0.15) is 29.3 Å². The number of amides is 2. The van der Waals surface area contributed by atoms with Crippen molar-refractivity contribution in [3.8, 4) is 0 Å². The molecule has 142 valence electrons. The summed E-state index contributed by atoms with van der Waals surface area (Å²) in [5.74, 6) is -0.550. The van der Waals surface area contributed by atoms with E-state index in [1.165, 1.54) is 6.08 Å². The molecule has 0 heterocycles. The minimum Gasteiger partial charge on any atom is -0.382 e. The first kappa shape index (κ1) is 20.7. The van der Waals surface area contributed by atoms with E-state index in [4.69, 9.17) is 16.3 Å². The Labute approximate surface area is 164 Å². The summed E-state index contributed by atoms with van der Waals surface area (Å²) in [6.07, 6.45) is 3.83. The van der Waals surface area contributed by atoms with Crippen molar-refractivity contribution in [2.24, 2.45) is 0 Å². The van der Waals surface area contributed by atoms with Crippen LogP contribution in [0.25, 0.3) is 6.08 Å². The van der Waals surface area contributed by atoms with E-state index < -0.39 is 0 Å². The predicted octanol–water partition coefficient (Wildman–Crippen LogP) is 4.15. The molecule has 0 fully saturated rings. The Balaban J connectivity index is 1.94. The van der Waals surface area contributed by atoms with Gasteiger partial charge in [0.15, 0.2) is 0 Å². The van der Waals surface area contributed by atoms with Crippen LogP contribution in [-0.4, -0.2) is 31.6 Å². The van der Waals surface area contributed by atoms with E-state index in [-0.39, 0.29) is 11.8 Å². The number of halogens is 1. The largest absolute Gasteiger partial charge is 0.382 e. The second kappa shape index (κ2) is 11.2. The molecule has 0 atom stereocenters. The van der Waals surface area contributed by atoms with Gasteiger partial charge in [-0.3, -0.25) is 9.59 Å². The number of hydrogen-bond donors (Lipinski definition) is 2. The summed E-state index contributed by atoms with van der Waals surface area (Å²) in [4.78, 5) is 24.5. The van der Waals surface area contributed by atoms with Gasteiger partial charge in [-0.25, -0.2) is 0 Å². The van der Waals surface area contributed by atoms with Crippen LogP contribution in [0.4, 0.5) is 5.69 Å². The van der Waals surface area contributed by atoms with Gasteiger partial charge >= 0.3 is 0 Å². The number of carbonyl (C=O) groups is 2. The first-order valence-corrected chi connectivity index (χ1v) is 9.17. The van der Waals surface area contributed by atoms with Gasteiger partial charge in [-0.1, -0.05) is 35.9 Å². The number of rotatable bonds is 9. The first-order valence-electron chi connectivity index (χ1n) is 8.79. The van der Waals surface area contributed by atoms with Gasteiger partial charge in [0.1, 0.15) is 0 Å². The van der Waals surface area contributed by atoms with E-state index in [0.717, 1.165) is 12.0 Å². The summed E-state index contributed by atoms with van der Waals surface area (Å²) >= 11 is 5.84. The third-order valence-electron chi connectivity index (χ3n) is 3.68. The Bertz CT molecular complexity index is 788. The number of benzene rings is 2. The Hall–Kier alpha value is -2.63. The highest BCUT2D eigenvalue weighted by molar-refractivity contribution is 6.30. The molecule has 0 saturated heterocycles. The van der Waals surface area contributed by atoms with Crippen molar-refractivity contribution in [3.05, 3.63) is 70.8 Å². The van der Waals surface area contributed by atoms with Gasteiger partial charge in [-0.15, -0.1) is 0 Å². The number of ether oxygens (including phenoxy) is 1. The Morgan fingerprint density at radius 1 is 1.11 bits per heavy atom. The van der Waals surface area contributed by atoms with E-state index in [0.29, 0.717) is 36.0 Å². The molecule has 0 bridgehead atoms. The summed E-state index contributed by atoms with van der Waals surface area (Å²) in [7, 11) is 0. The highest BCUT2D eigenvalue weighted by Gasteiger charge is 2.11. The molecule has 0 spiro atoms. The van der Waals surface area contributed by atoms with Crippen molar-refractivity contribution in [3.63, 3.8) is 0 Å². The molecule has 2 aromatic rings. The van der Waals surface area contributed by atoms with E-state index in [1.54, 1.807) is 42.5 Å². The van der Waals surface area contributed by atoms with Gasteiger partial charge in [-0.05, 0) is 49.2 Å². The average Bonchev–Trinajstić information content (AvgIpc) is 2.67. The number of hydrogen-bond acceptors (Lipinski definition) is 3. The third kappa shape index (κ3) is 7.25. The summed E-state index contributed by atoms with van der Waals surface area (Å²) in [6.45, 7) is 3.70. The highest BCUT2D eigenvalue weighted by Crippen LogP contribution is 2.15. The summed E-state index contributed by atoms with van der Waals surface area (Å²) in [6, 6.07) is 14.0. The van der Waals surface area contributed by atoms with Crippen LogP contribution < -0.4 is 10.6 Å². The number of para-hydroxylation sites is 1. The molecule has 6 heteroatoms. The lowest BCUT2D eigenvalue weighted by Crippen LogP contribution is -2.26. The fourth-order valence-electron chi connectivity index (χ4n) is 2.33. The molecule has 2 rings (SSSR count). The van der Waals surface area contributed by atoms with Crippen LogP contribution in [0.5, 0.6) is 0 Å². The Kier molecular flexibility index (Phi) is 8.55. The molecule has 0 unspecified atom stereocenters. The number of carbonyl (C=O) groups excluding carboxylic acids is 2. The van der Waals surface area contributed by atoms with Gasteiger partial charge in [0, 0.05) is 30.9 Å². The van der Waals surface area contributed by atoms with E-state index in [2.05, 4.69) is 10.6 Å². The smallest absolute Gasteiger partial charge is 0.253 e. The first-order chi connectivity index (χ1) is 13.1. The molecule has 0 aliphatic rings. The van der Waals surface area contributed by atoms with Gasteiger partial charge in [0.2, 0.25) is 5.91 Å². The second-order valence-electron chi connectivity index (χ2n) is 5.73. The lowest BCUT2D eigenvalue weighted by Gasteiger charge is -2.10. The van der Waals surface area contributed by atoms with Crippen molar-refractivity contribution >= 4 is 35.2 Å². The van der Waals surface area contributed by atoms with Crippen molar-refractivity contribution in [1.29, 1.82) is 0 Å². The number of anilines is 1. The van der Waals surface area contributed by atoms with Crippen LogP contribution in [-0.2, 0) is 9.53 Å².